The number of rotatable bonds is 5. The molecule has 0 saturated heterocycles. The van der Waals surface area contributed by atoms with E-state index < -0.39 is 11.9 Å². The van der Waals surface area contributed by atoms with E-state index in [0.717, 1.165) is 5.56 Å². The minimum absolute atomic E-state index is 0.120. The van der Waals surface area contributed by atoms with Gasteiger partial charge in [0, 0.05) is 5.69 Å². The molecule has 0 spiro atoms. The number of nitrogens with one attached hydrogen (secondary N) is 1. The molecule has 2 aromatic rings. The number of hydrogen-bond donors (Lipinski definition) is 1. The van der Waals surface area contributed by atoms with Gasteiger partial charge in [0.25, 0.3) is 0 Å². The third kappa shape index (κ3) is 3.31. The molecule has 110 valence electrons. The van der Waals surface area contributed by atoms with Gasteiger partial charge < -0.3 is 14.5 Å². The summed E-state index contributed by atoms with van der Waals surface area (Å²) in [6.45, 7) is 3.91. The molecule has 1 heterocycles. The van der Waals surface area contributed by atoms with Crippen LogP contribution in [0.2, 0.25) is 0 Å². The summed E-state index contributed by atoms with van der Waals surface area (Å²) in [7, 11) is 0. The molecule has 0 amide bonds. The van der Waals surface area contributed by atoms with Gasteiger partial charge in [-0.3, -0.25) is 0 Å². The van der Waals surface area contributed by atoms with E-state index >= 15 is 0 Å². The molecule has 21 heavy (non-hydrogen) atoms. The third-order valence-corrected chi connectivity index (χ3v) is 2.88. The van der Waals surface area contributed by atoms with E-state index in [-0.39, 0.29) is 24.5 Å². The molecule has 0 unspecified atom stereocenters. The lowest BCUT2D eigenvalue weighted by atomic mass is 10.1. The second-order valence-electron chi connectivity index (χ2n) is 4.28. The Morgan fingerprint density at radius 3 is 2.24 bits per heavy atom. The summed E-state index contributed by atoms with van der Waals surface area (Å²) >= 11 is 0. The fraction of sp³-hybridized carbons (Fsp3) is 0.250. The number of aromatic nitrogens is 1. The fourth-order valence-corrected chi connectivity index (χ4v) is 1.96. The van der Waals surface area contributed by atoms with E-state index in [2.05, 4.69) is 4.98 Å². The highest BCUT2D eigenvalue weighted by molar-refractivity contribution is 6.03. The van der Waals surface area contributed by atoms with Gasteiger partial charge in [0.1, 0.15) is 5.69 Å². The van der Waals surface area contributed by atoms with Gasteiger partial charge in [-0.1, -0.05) is 30.3 Å². The molecule has 0 bridgehead atoms. The van der Waals surface area contributed by atoms with Gasteiger partial charge in [-0.25, -0.2) is 9.59 Å². The van der Waals surface area contributed by atoms with Crippen molar-refractivity contribution in [1.82, 2.24) is 4.98 Å². The van der Waals surface area contributed by atoms with Crippen molar-refractivity contribution in [3.8, 4) is 11.3 Å². The first kappa shape index (κ1) is 14.8. The van der Waals surface area contributed by atoms with E-state index in [1.807, 2.05) is 30.3 Å². The standard InChI is InChI=1S/C16H17NO4/c1-3-20-15(18)12-10-13(11-8-6-5-7-9-11)17-14(12)16(19)21-4-2/h5-10,17H,3-4H2,1-2H3. The van der Waals surface area contributed by atoms with Crippen LogP contribution in [0, 0.1) is 0 Å². The molecule has 0 fully saturated rings. The number of hydrogen-bond acceptors (Lipinski definition) is 4. The number of ether oxygens (including phenoxy) is 2. The fourth-order valence-electron chi connectivity index (χ4n) is 1.96. The first-order valence-electron chi connectivity index (χ1n) is 6.80. The van der Waals surface area contributed by atoms with Crippen molar-refractivity contribution in [1.29, 1.82) is 0 Å². The molecule has 5 nitrogen and oxygen atoms in total. The van der Waals surface area contributed by atoms with Crippen molar-refractivity contribution >= 4 is 11.9 Å². The van der Waals surface area contributed by atoms with Crippen LogP contribution in [0.4, 0.5) is 0 Å². The predicted molar refractivity (Wildman–Crippen MR) is 78.1 cm³/mol. The van der Waals surface area contributed by atoms with Crippen LogP contribution in [-0.2, 0) is 9.47 Å². The first-order chi connectivity index (χ1) is 10.2. The van der Waals surface area contributed by atoms with Crippen LogP contribution in [-0.4, -0.2) is 30.1 Å². The van der Waals surface area contributed by atoms with Gasteiger partial charge in [-0.2, -0.15) is 0 Å². The van der Waals surface area contributed by atoms with E-state index in [9.17, 15) is 9.59 Å². The normalized spacial score (nSPS) is 10.2. The predicted octanol–water partition coefficient (Wildman–Crippen LogP) is 3.04. The summed E-state index contributed by atoms with van der Waals surface area (Å²) < 4.78 is 9.95. The lowest BCUT2D eigenvalue weighted by molar-refractivity contribution is 0.0475. The molecule has 1 aromatic carbocycles. The van der Waals surface area contributed by atoms with Gasteiger partial charge in [0.2, 0.25) is 0 Å². The van der Waals surface area contributed by atoms with Crippen molar-refractivity contribution in [2.45, 2.75) is 13.8 Å². The highest BCUT2D eigenvalue weighted by Gasteiger charge is 2.23. The van der Waals surface area contributed by atoms with Crippen molar-refractivity contribution < 1.29 is 19.1 Å². The molecular weight excluding hydrogens is 270 g/mol. The Kier molecular flexibility index (Phi) is 4.77. The van der Waals surface area contributed by atoms with Crippen LogP contribution >= 0.6 is 0 Å². The van der Waals surface area contributed by atoms with Crippen molar-refractivity contribution in [2.75, 3.05) is 13.2 Å². The molecule has 0 aliphatic rings. The zero-order valence-corrected chi connectivity index (χ0v) is 12.0. The number of benzene rings is 1. The lowest BCUT2D eigenvalue weighted by Crippen LogP contribution is -2.12. The maximum absolute atomic E-state index is 12.0. The monoisotopic (exact) mass is 287 g/mol. The minimum atomic E-state index is -0.567. The molecule has 0 radical (unpaired) electrons. The minimum Gasteiger partial charge on any atom is -0.462 e. The van der Waals surface area contributed by atoms with Crippen molar-refractivity contribution in [3.63, 3.8) is 0 Å². The topological polar surface area (TPSA) is 68.4 Å². The van der Waals surface area contributed by atoms with Crippen LogP contribution in [0.15, 0.2) is 36.4 Å². The van der Waals surface area contributed by atoms with Gasteiger partial charge >= 0.3 is 11.9 Å². The Bertz CT molecular complexity index is 595. The van der Waals surface area contributed by atoms with E-state index in [0.29, 0.717) is 5.69 Å². The molecule has 0 atom stereocenters. The second-order valence-corrected chi connectivity index (χ2v) is 4.28. The summed E-state index contributed by atoms with van der Waals surface area (Å²) in [5, 5.41) is 0. The molecule has 1 aromatic heterocycles. The van der Waals surface area contributed by atoms with E-state index in [4.69, 9.17) is 9.47 Å². The van der Waals surface area contributed by atoms with Crippen LogP contribution in [0.5, 0.6) is 0 Å². The Morgan fingerprint density at radius 1 is 1.00 bits per heavy atom. The summed E-state index contributed by atoms with van der Waals surface area (Å²) in [4.78, 5) is 26.9. The molecule has 0 aliphatic carbocycles. The number of H-pyrrole nitrogens is 1. The number of carbonyl (C=O) groups is 2. The first-order valence-corrected chi connectivity index (χ1v) is 6.80. The summed E-state index contributed by atoms with van der Waals surface area (Å²) in [5.74, 6) is -1.11. The van der Waals surface area contributed by atoms with Gasteiger partial charge in [0.05, 0.1) is 18.8 Å². The summed E-state index contributed by atoms with van der Waals surface area (Å²) in [5.41, 5.74) is 1.85. The highest BCUT2D eigenvalue weighted by atomic mass is 16.5. The van der Waals surface area contributed by atoms with Gasteiger partial charge in [-0.15, -0.1) is 0 Å². The van der Waals surface area contributed by atoms with Crippen LogP contribution in [0.1, 0.15) is 34.7 Å². The summed E-state index contributed by atoms with van der Waals surface area (Å²) in [6.07, 6.45) is 0. The van der Waals surface area contributed by atoms with Crippen molar-refractivity contribution in [2.24, 2.45) is 0 Å². The molecule has 2 rings (SSSR count). The molecule has 0 aliphatic heterocycles. The van der Waals surface area contributed by atoms with Gasteiger partial charge in [-0.05, 0) is 25.5 Å². The maximum Gasteiger partial charge on any atom is 0.355 e. The molecule has 0 saturated carbocycles. The zero-order valence-electron chi connectivity index (χ0n) is 12.0. The Balaban J connectivity index is 2.44. The maximum atomic E-state index is 12.0. The highest BCUT2D eigenvalue weighted by Crippen LogP contribution is 2.23. The van der Waals surface area contributed by atoms with E-state index in [1.54, 1.807) is 19.9 Å². The summed E-state index contributed by atoms with van der Waals surface area (Å²) in [6, 6.07) is 11.0. The lowest BCUT2D eigenvalue weighted by Gasteiger charge is -2.03. The Hall–Kier alpha value is -2.56. The average Bonchev–Trinajstić information content (AvgIpc) is 2.94. The average molecular weight is 287 g/mol. The van der Waals surface area contributed by atoms with Gasteiger partial charge in [0.15, 0.2) is 0 Å². The molecular formula is C16H17NO4. The third-order valence-electron chi connectivity index (χ3n) is 2.88. The number of aromatic amines is 1. The quantitative estimate of drug-likeness (QED) is 0.858. The van der Waals surface area contributed by atoms with Crippen molar-refractivity contribution in [3.05, 3.63) is 47.7 Å². The van der Waals surface area contributed by atoms with Crippen LogP contribution in [0.25, 0.3) is 11.3 Å². The molecule has 5 heteroatoms. The van der Waals surface area contributed by atoms with Crippen LogP contribution in [0.3, 0.4) is 0 Å². The smallest absolute Gasteiger partial charge is 0.355 e. The molecule has 1 N–H and O–H groups in total. The van der Waals surface area contributed by atoms with E-state index in [1.165, 1.54) is 0 Å². The second kappa shape index (κ2) is 6.74. The zero-order chi connectivity index (χ0) is 15.2. The van der Waals surface area contributed by atoms with Crippen LogP contribution < -0.4 is 0 Å². The number of carbonyl (C=O) groups excluding carboxylic acids is 2. The largest absolute Gasteiger partial charge is 0.462 e. The Morgan fingerprint density at radius 2 is 1.62 bits per heavy atom. The number of esters is 2. The SMILES string of the molecule is CCOC(=O)c1cc(-c2ccccc2)[nH]c1C(=O)OCC. The Labute approximate surface area is 122 Å².